The first kappa shape index (κ1) is 14.3. The van der Waals surface area contributed by atoms with Crippen LogP contribution in [0.3, 0.4) is 0 Å². The normalized spacial score (nSPS) is 13.7. The van der Waals surface area contributed by atoms with Crippen LogP contribution in [0.4, 0.5) is 16.2 Å². The maximum Gasteiger partial charge on any atom is 0.328 e. The predicted octanol–water partition coefficient (Wildman–Crippen LogP) is 3.25. The monoisotopic (exact) mass is 296 g/mol. The summed E-state index contributed by atoms with van der Waals surface area (Å²) in [5, 5.41) is 1.39. The van der Waals surface area contributed by atoms with Crippen molar-refractivity contribution in [2.75, 3.05) is 23.9 Å². The fraction of sp³-hybridized carbons (Fsp3) is 0.235. The van der Waals surface area contributed by atoms with Gasteiger partial charge in [0, 0.05) is 36.0 Å². The number of anilines is 2. The van der Waals surface area contributed by atoms with Gasteiger partial charge in [0.25, 0.3) is 0 Å². The van der Waals surface area contributed by atoms with Crippen molar-refractivity contribution >= 4 is 39.7 Å². The molecule has 0 radical (unpaired) electrons. The van der Waals surface area contributed by atoms with Crippen molar-refractivity contribution in [2.24, 2.45) is 0 Å². The minimum absolute atomic E-state index is 0.103. The van der Waals surface area contributed by atoms with Gasteiger partial charge in [0.2, 0.25) is 0 Å². The van der Waals surface area contributed by atoms with Crippen LogP contribution in [-0.2, 0) is 0 Å². The molecule has 0 N–H and O–H groups in total. The Morgan fingerprint density at radius 1 is 0.773 bits per heavy atom. The van der Waals surface area contributed by atoms with Crippen LogP contribution in [0.2, 0.25) is 0 Å². The molecule has 0 saturated carbocycles. The number of hydrogen-bond donors (Lipinski definition) is 0. The summed E-state index contributed by atoms with van der Waals surface area (Å²) in [6.45, 7) is 2.96. The first-order chi connectivity index (χ1) is 10.3. The van der Waals surface area contributed by atoms with Crippen molar-refractivity contribution in [1.82, 2.24) is 0 Å². The first-order valence-electron chi connectivity index (χ1n) is 6.97. The molecule has 0 bridgehead atoms. The maximum atomic E-state index is 12.3. The number of rotatable bonds is 2. The average molecular weight is 296 g/mol. The third-order valence-corrected chi connectivity index (χ3v) is 4.17. The van der Waals surface area contributed by atoms with E-state index in [1.54, 1.807) is 38.4 Å². The number of benzene rings is 2. The Labute approximate surface area is 128 Å². The number of carbonyl (C=O) groups excluding carboxylic acids is 3. The lowest BCUT2D eigenvalue weighted by Crippen LogP contribution is -2.42. The van der Waals surface area contributed by atoms with Crippen molar-refractivity contribution in [1.29, 1.82) is 0 Å². The van der Waals surface area contributed by atoms with Gasteiger partial charge in [-0.2, -0.15) is 0 Å². The molecule has 0 spiro atoms. The topological polar surface area (TPSA) is 57.7 Å². The molecule has 22 heavy (non-hydrogen) atoms. The van der Waals surface area contributed by atoms with Crippen LogP contribution in [-0.4, -0.2) is 31.7 Å². The molecule has 0 atom stereocenters. The summed E-state index contributed by atoms with van der Waals surface area (Å²) >= 11 is 0. The third kappa shape index (κ3) is 1.75. The van der Waals surface area contributed by atoms with Crippen molar-refractivity contribution in [2.45, 2.75) is 13.8 Å². The first-order valence-corrected chi connectivity index (χ1v) is 6.97. The molecule has 112 valence electrons. The quantitative estimate of drug-likeness (QED) is 0.799. The molecule has 3 rings (SSSR count). The van der Waals surface area contributed by atoms with E-state index in [-0.39, 0.29) is 17.6 Å². The van der Waals surface area contributed by atoms with Crippen LogP contribution in [0.15, 0.2) is 24.3 Å². The van der Waals surface area contributed by atoms with E-state index in [9.17, 15) is 14.4 Å². The highest BCUT2D eigenvalue weighted by molar-refractivity contribution is 6.26. The Hall–Kier alpha value is -2.69. The van der Waals surface area contributed by atoms with Crippen molar-refractivity contribution < 1.29 is 14.4 Å². The predicted molar refractivity (Wildman–Crippen MR) is 86.2 cm³/mol. The van der Waals surface area contributed by atoms with Crippen molar-refractivity contribution in [3.8, 4) is 0 Å². The molecule has 0 fully saturated rings. The molecule has 0 aliphatic carbocycles. The fourth-order valence-electron chi connectivity index (χ4n) is 3.04. The van der Waals surface area contributed by atoms with Gasteiger partial charge in [-0.3, -0.25) is 19.4 Å². The second-order valence-corrected chi connectivity index (χ2v) is 5.53. The summed E-state index contributed by atoms with van der Waals surface area (Å²) in [4.78, 5) is 39.3. The summed E-state index contributed by atoms with van der Waals surface area (Å²) in [7, 11) is 3.37. The summed E-state index contributed by atoms with van der Waals surface area (Å²) < 4.78 is 0. The van der Waals surface area contributed by atoms with Crippen LogP contribution in [0.5, 0.6) is 0 Å². The Morgan fingerprint density at radius 3 is 1.55 bits per heavy atom. The summed E-state index contributed by atoms with van der Waals surface area (Å²) in [6, 6.07) is 6.74. The van der Waals surface area contributed by atoms with Gasteiger partial charge in [0.1, 0.15) is 0 Å². The minimum atomic E-state index is -0.153. The molecule has 2 amide bonds. The summed E-state index contributed by atoms with van der Waals surface area (Å²) in [5.41, 5.74) is 2.42. The number of urea groups is 1. The molecular formula is C17H16N2O3. The third-order valence-electron chi connectivity index (χ3n) is 4.17. The second-order valence-electron chi connectivity index (χ2n) is 5.53. The number of hydrogen-bond acceptors (Lipinski definition) is 3. The van der Waals surface area contributed by atoms with E-state index in [0.717, 1.165) is 5.39 Å². The number of Topliss-reactive ketones (excluding diaryl/α,β-unsaturated/α-hetero) is 2. The summed E-state index contributed by atoms with van der Waals surface area (Å²) in [5.74, 6) is -0.207. The number of nitrogens with zero attached hydrogens (tertiary/aromatic N) is 2. The molecule has 0 aromatic heterocycles. The SMILES string of the molecule is CC(=O)c1ccc2c3c(ccc(C(C)=O)c13)N(C)C(=O)N2C. The van der Waals surface area contributed by atoms with Crippen LogP contribution >= 0.6 is 0 Å². The Balaban J connectivity index is 2.56. The molecule has 0 saturated heterocycles. The van der Waals surface area contributed by atoms with Gasteiger partial charge in [-0.1, -0.05) is 0 Å². The van der Waals surface area contributed by atoms with E-state index in [4.69, 9.17) is 0 Å². The standard InChI is InChI=1S/C17H16N2O3/c1-9(20)11-5-7-13-16-14(19(4)17(22)18(13)3)8-6-12(10(2)21)15(11)16/h5-8H,1-4H3. The second kappa shape index (κ2) is 4.66. The van der Waals surface area contributed by atoms with Gasteiger partial charge in [-0.05, 0) is 38.1 Å². The smallest absolute Gasteiger partial charge is 0.296 e. The molecule has 5 nitrogen and oxygen atoms in total. The van der Waals surface area contributed by atoms with E-state index in [1.165, 1.54) is 23.6 Å². The highest BCUT2D eigenvalue weighted by atomic mass is 16.2. The number of ketones is 2. The van der Waals surface area contributed by atoms with E-state index >= 15 is 0 Å². The van der Waals surface area contributed by atoms with Gasteiger partial charge in [-0.15, -0.1) is 0 Å². The van der Waals surface area contributed by atoms with Gasteiger partial charge < -0.3 is 0 Å². The zero-order chi connectivity index (χ0) is 16.2. The molecule has 5 heteroatoms. The zero-order valence-corrected chi connectivity index (χ0v) is 12.9. The molecular weight excluding hydrogens is 280 g/mol. The van der Waals surface area contributed by atoms with Gasteiger partial charge in [0.05, 0.1) is 11.4 Å². The van der Waals surface area contributed by atoms with Crippen LogP contribution < -0.4 is 9.80 Å². The van der Waals surface area contributed by atoms with Gasteiger partial charge in [0.15, 0.2) is 11.6 Å². The van der Waals surface area contributed by atoms with Crippen molar-refractivity contribution in [3.63, 3.8) is 0 Å². The molecule has 1 heterocycles. The van der Waals surface area contributed by atoms with E-state index in [0.29, 0.717) is 27.9 Å². The zero-order valence-electron chi connectivity index (χ0n) is 12.9. The highest BCUT2D eigenvalue weighted by Gasteiger charge is 2.30. The summed E-state index contributed by atoms with van der Waals surface area (Å²) in [6.07, 6.45) is 0. The maximum absolute atomic E-state index is 12.3. The molecule has 1 aliphatic heterocycles. The lowest BCUT2D eigenvalue weighted by atomic mass is 9.92. The molecule has 1 aliphatic rings. The lowest BCUT2D eigenvalue weighted by Gasteiger charge is -2.33. The largest absolute Gasteiger partial charge is 0.328 e. The van der Waals surface area contributed by atoms with Crippen LogP contribution in [0.1, 0.15) is 34.6 Å². The Kier molecular flexibility index (Phi) is 3.02. The van der Waals surface area contributed by atoms with Crippen LogP contribution in [0, 0.1) is 0 Å². The van der Waals surface area contributed by atoms with E-state index in [1.807, 2.05) is 0 Å². The minimum Gasteiger partial charge on any atom is -0.296 e. The van der Waals surface area contributed by atoms with Gasteiger partial charge >= 0.3 is 6.03 Å². The lowest BCUT2D eigenvalue weighted by molar-refractivity contribution is 0.101. The Morgan fingerprint density at radius 2 is 1.18 bits per heavy atom. The number of carbonyl (C=O) groups is 3. The van der Waals surface area contributed by atoms with Gasteiger partial charge in [-0.25, -0.2) is 4.79 Å². The molecule has 0 unspecified atom stereocenters. The van der Waals surface area contributed by atoms with Crippen molar-refractivity contribution in [3.05, 3.63) is 35.4 Å². The fourth-order valence-corrected chi connectivity index (χ4v) is 3.04. The molecule has 2 aromatic rings. The van der Waals surface area contributed by atoms with E-state index in [2.05, 4.69) is 0 Å². The highest BCUT2D eigenvalue weighted by Crippen LogP contribution is 2.42. The van der Waals surface area contributed by atoms with E-state index < -0.39 is 0 Å². The molecule has 2 aromatic carbocycles. The Bertz CT molecular complexity index is 790. The van der Waals surface area contributed by atoms with Crippen LogP contribution in [0.25, 0.3) is 10.8 Å². The number of amides is 2. The average Bonchev–Trinajstić information content (AvgIpc) is 2.48.